The Morgan fingerprint density at radius 1 is 1.08 bits per heavy atom. The monoisotopic (exact) mass is 372 g/mol. The van der Waals surface area contributed by atoms with Gasteiger partial charge in [0, 0.05) is 56.3 Å². The number of hydrogen-bond acceptors (Lipinski definition) is 3. The molecule has 136 valence electrons. The predicted octanol–water partition coefficient (Wildman–Crippen LogP) is 1.85. The van der Waals surface area contributed by atoms with E-state index in [4.69, 9.17) is 11.6 Å². The van der Waals surface area contributed by atoms with Gasteiger partial charge in [0.1, 0.15) is 5.69 Å². The summed E-state index contributed by atoms with van der Waals surface area (Å²) in [6.45, 7) is 2.85. The molecule has 2 atom stereocenters. The van der Waals surface area contributed by atoms with E-state index in [2.05, 4.69) is 4.98 Å². The molecule has 1 aromatic carbocycles. The normalized spacial score (nSPS) is 21.9. The van der Waals surface area contributed by atoms with Gasteiger partial charge in [-0.25, -0.2) is 4.98 Å². The van der Waals surface area contributed by atoms with Crippen LogP contribution < -0.4 is 0 Å². The Bertz CT molecular complexity index is 818. The van der Waals surface area contributed by atoms with Gasteiger partial charge >= 0.3 is 0 Å². The summed E-state index contributed by atoms with van der Waals surface area (Å²) in [4.78, 5) is 33.1. The lowest BCUT2D eigenvalue weighted by Crippen LogP contribution is -2.36. The number of imidazole rings is 1. The van der Waals surface area contributed by atoms with E-state index in [0.29, 0.717) is 42.1 Å². The molecule has 2 aliphatic heterocycles. The number of aryl methyl sites for hydroxylation is 1. The van der Waals surface area contributed by atoms with Gasteiger partial charge < -0.3 is 14.4 Å². The zero-order chi connectivity index (χ0) is 18.3. The fraction of sp³-hybridized carbons (Fsp3) is 0.421. The van der Waals surface area contributed by atoms with Gasteiger partial charge in [0.25, 0.3) is 5.91 Å². The lowest BCUT2D eigenvalue weighted by atomic mass is 10.0. The first-order chi connectivity index (χ1) is 12.5. The van der Waals surface area contributed by atoms with E-state index < -0.39 is 0 Å². The van der Waals surface area contributed by atoms with E-state index in [-0.39, 0.29) is 11.8 Å². The van der Waals surface area contributed by atoms with E-state index in [1.165, 1.54) is 0 Å². The second-order valence-corrected chi connectivity index (χ2v) is 7.69. The third-order valence-corrected chi connectivity index (χ3v) is 5.57. The minimum Gasteiger partial charge on any atom is -0.342 e. The Morgan fingerprint density at radius 3 is 2.27 bits per heavy atom. The molecular weight excluding hydrogens is 352 g/mol. The summed E-state index contributed by atoms with van der Waals surface area (Å²) in [7, 11) is 1.85. The Morgan fingerprint density at radius 2 is 1.69 bits per heavy atom. The van der Waals surface area contributed by atoms with E-state index >= 15 is 0 Å². The molecule has 2 aromatic rings. The van der Waals surface area contributed by atoms with Crippen molar-refractivity contribution in [3.8, 4) is 0 Å². The zero-order valence-electron chi connectivity index (χ0n) is 14.6. The van der Waals surface area contributed by atoms with Gasteiger partial charge in [-0.15, -0.1) is 0 Å². The Labute approximate surface area is 157 Å². The first kappa shape index (κ1) is 17.1. The van der Waals surface area contributed by atoms with Crippen LogP contribution in [0.5, 0.6) is 0 Å². The lowest BCUT2D eigenvalue weighted by Gasteiger charge is -2.21. The lowest BCUT2D eigenvalue weighted by molar-refractivity contribution is -0.129. The van der Waals surface area contributed by atoms with E-state index in [1.54, 1.807) is 17.1 Å². The molecule has 2 amide bonds. The topological polar surface area (TPSA) is 58.4 Å². The van der Waals surface area contributed by atoms with Crippen LogP contribution in [0.15, 0.2) is 36.8 Å². The molecule has 26 heavy (non-hydrogen) atoms. The molecule has 3 heterocycles. The van der Waals surface area contributed by atoms with Crippen molar-refractivity contribution in [3.05, 3.63) is 53.1 Å². The van der Waals surface area contributed by atoms with E-state index in [9.17, 15) is 9.59 Å². The Kier molecular flexibility index (Phi) is 4.44. The average Bonchev–Trinajstić information content (AvgIpc) is 3.30. The number of halogens is 1. The highest BCUT2D eigenvalue weighted by molar-refractivity contribution is 6.30. The standard InChI is InChI=1S/C19H21ClN4O2/c1-22-11-17(21-12-22)19(26)24-9-14-7-23(8-15(14)10-24)18(25)6-13-2-4-16(20)5-3-13/h2-5,11-12,14-15H,6-10H2,1H3/t14-,15-/m0/s1. The van der Waals surface area contributed by atoms with Gasteiger partial charge in [0.2, 0.25) is 5.91 Å². The molecule has 0 N–H and O–H groups in total. The van der Waals surface area contributed by atoms with Gasteiger partial charge in [0.05, 0.1) is 12.7 Å². The molecule has 0 saturated carbocycles. The zero-order valence-corrected chi connectivity index (χ0v) is 15.4. The second-order valence-electron chi connectivity index (χ2n) is 7.26. The largest absolute Gasteiger partial charge is 0.342 e. The van der Waals surface area contributed by atoms with Crippen molar-refractivity contribution in [2.75, 3.05) is 26.2 Å². The van der Waals surface area contributed by atoms with Gasteiger partial charge in [-0.05, 0) is 17.7 Å². The minimum absolute atomic E-state index is 0.0148. The molecule has 2 fully saturated rings. The van der Waals surface area contributed by atoms with Crippen LogP contribution in [0.25, 0.3) is 0 Å². The first-order valence-electron chi connectivity index (χ1n) is 8.79. The van der Waals surface area contributed by atoms with Crippen molar-refractivity contribution < 1.29 is 9.59 Å². The van der Waals surface area contributed by atoms with Crippen molar-refractivity contribution >= 4 is 23.4 Å². The number of amides is 2. The van der Waals surface area contributed by atoms with Crippen LogP contribution in [-0.2, 0) is 18.3 Å². The molecule has 0 aliphatic carbocycles. The predicted molar refractivity (Wildman–Crippen MR) is 97.8 cm³/mol. The molecule has 0 unspecified atom stereocenters. The van der Waals surface area contributed by atoms with Gasteiger partial charge in [-0.3, -0.25) is 9.59 Å². The number of nitrogens with zero attached hydrogens (tertiary/aromatic N) is 4. The number of rotatable bonds is 3. The van der Waals surface area contributed by atoms with Crippen molar-refractivity contribution in [2.24, 2.45) is 18.9 Å². The van der Waals surface area contributed by atoms with Crippen LogP contribution in [-0.4, -0.2) is 57.3 Å². The maximum atomic E-state index is 12.6. The minimum atomic E-state index is -0.0148. The summed E-state index contributed by atoms with van der Waals surface area (Å²) in [5.74, 6) is 0.844. The van der Waals surface area contributed by atoms with Crippen LogP contribution in [0, 0.1) is 11.8 Å². The summed E-state index contributed by atoms with van der Waals surface area (Å²) in [6.07, 6.45) is 3.78. The Hall–Kier alpha value is -2.34. The van der Waals surface area contributed by atoms with Crippen molar-refractivity contribution in [2.45, 2.75) is 6.42 Å². The highest BCUT2D eigenvalue weighted by Gasteiger charge is 2.43. The maximum Gasteiger partial charge on any atom is 0.274 e. The summed E-state index contributed by atoms with van der Waals surface area (Å²) in [5.41, 5.74) is 1.46. The molecular formula is C19H21ClN4O2. The van der Waals surface area contributed by atoms with Crippen LogP contribution in [0.2, 0.25) is 5.02 Å². The summed E-state index contributed by atoms with van der Waals surface area (Å²) in [6, 6.07) is 7.41. The molecule has 7 heteroatoms. The molecule has 0 spiro atoms. The van der Waals surface area contributed by atoms with Crippen molar-refractivity contribution in [1.82, 2.24) is 19.4 Å². The molecule has 2 aliphatic rings. The highest BCUT2D eigenvalue weighted by atomic mass is 35.5. The maximum absolute atomic E-state index is 12.6. The number of aromatic nitrogens is 2. The van der Waals surface area contributed by atoms with Gasteiger partial charge in [-0.2, -0.15) is 0 Å². The summed E-state index contributed by atoms with van der Waals surface area (Å²) < 4.78 is 1.78. The van der Waals surface area contributed by atoms with Crippen LogP contribution in [0.4, 0.5) is 0 Å². The van der Waals surface area contributed by atoms with E-state index in [1.807, 2.05) is 41.1 Å². The van der Waals surface area contributed by atoms with Gasteiger partial charge in [0.15, 0.2) is 0 Å². The number of benzene rings is 1. The molecule has 2 saturated heterocycles. The summed E-state index contributed by atoms with van der Waals surface area (Å²) >= 11 is 5.89. The average molecular weight is 373 g/mol. The third kappa shape index (κ3) is 3.33. The smallest absolute Gasteiger partial charge is 0.274 e. The first-order valence-corrected chi connectivity index (χ1v) is 9.17. The number of fused-ring (bicyclic) bond motifs is 1. The Balaban J connectivity index is 1.33. The van der Waals surface area contributed by atoms with E-state index in [0.717, 1.165) is 18.7 Å². The van der Waals surface area contributed by atoms with Crippen molar-refractivity contribution in [3.63, 3.8) is 0 Å². The molecule has 6 nitrogen and oxygen atoms in total. The third-order valence-electron chi connectivity index (χ3n) is 5.32. The fourth-order valence-electron chi connectivity index (χ4n) is 3.94. The summed E-state index contributed by atoms with van der Waals surface area (Å²) in [5, 5.41) is 0.676. The quantitative estimate of drug-likeness (QED) is 0.826. The van der Waals surface area contributed by atoms with Crippen molar-refractivity contribution in [1.29, 1.82) is 0 Å². The number of hydrogen-bond donors (Lipinski definition) is 0. The molecule has 0 radical (unpaired) electrons. The fourth-order valence-corrected chi connectivity index (χ4v) is 4.06. The van der Waals surface area contributed by atoms with Crippen LogP contribution in [0.1, 0.15) is 16.1 Å². The molecule has 0 bridgehead atoms. The van der Waals surface area contributed by atoms with Crippen LogP contribution in [0.3, 0.4) is 0 Å². The number of carbonyl (C=O) groups is 2. The number of carbonyl (C=O) groups excluding carboxylic acids is 2. The highest BCUT2D eigenvalue weighted by Crippen LogP contribution is 2.32. The molecule has 1 aromatic heterocycles. The second kappa shape index (κ2) is 6.76. The van der Waals surface area contributed by atoms with Crippen LogP contribution >= 0.6 is 11.6 Å². The number of likely N-dealkylation sites (tertiary alicyclic amines) is 2. The SMILES string of the molecule is Cn1cnc(C(=O)N2C[C@@H]3CN(C(=O)Cc4ccc(Cl)cc4)C[C@H]3C2)c1. The molecule has 4 rings (SSSR count). The van der Waals surface area contributed by atoms with Gasteiger partial charge in [-0.1, -0.05) is 23.7 Å².